The summed E-state index contributed by atoms with van der Waals surface area (Å²) in [5.74, 6) is -0.850. The molecule has 1 aliphatic heterocycles. The van der Waals surface area contributed by atoms with Gasteiger partial charge in [-0.3, -0.25) is 9.59 Å². The van der Waals surface area contributed by atoms with Crippen molar-refractivity contribution in [2.45, 2.75) is 33.6 Å². The lowest BCUT2D eigenvalue weighted by Crippen LogP contribution is -2.34. The summed E-state index contributed by atoms with van der Waals surface area (Å²) in [6.45, 7) is 6.63. The average molecular weight is 281 g/mol. The summed E-state index contributed by atoms with van der Waals surface area (Å²) in [5.41, 5.74) is 0.353. The molecule has 1 aromatic rings. The Morgan fingerprint density at radius 3 is 2.68 bits per heavy atom. The molecule has 0 spiro atoms. The first-order valence-electron chi connectivity index (χ1n) is 6.49. The van der Waals surface area contributed by atoms with E-state index in [2.05, 4.69) is 6.92 Å². The molecule has 2 rings (SSSR count). The molecule has 104 valence electrons. The second kappa shape index (κ2) is 4.96. The van der Waals surface area contributed by atoms with E-state index >= 15 is 0 Å². The smallest absolute Gasteiger partial charge is 0.311 e. The van der Waals surface area contributed by atoms with Crippen LogP contribution in [-0.4, -0.2) is 35.0 Å². The van der Waals surface area contributed by atoms with Crippen molar-refractivity contribution in [1.29, 1.82) is 0 Å². The number of aryl methyl sites for hydroxylation is 2. The maximum atomic E-state index is 12.4. The van der Waals surface area contributed by atoms with Crippen LogP contribution in [0.15, 0.2) is 6.07 Å². The van der Waals surface area contributed by atoms with Crippen molar-refractivity contribution in [3.8, 4) is 0 Å². The van der Waals surface area contributed by atoms with Gasteiger partial charge in [-0.15, -0.1) is 11.3 Å². The Labute approximate surface area is 117 Å². The van der Waals surface area contributed by atoms with Crippen LogP contribution in [0.3, 0.4) is 0 Å². The summed E-state index contributed by atoms with van der Waals surface area (Å²) < 4.78 is 0. The summed E-state index contributed by atoms with van der Waals surface area (Å²) in [7, 11) is 0. The van der Waals surface area contributed by atoms with Crippen molar-refractivity contribution in [1.82, 2.24) is 4.90 Å². The number of carbonyl (C=O) groups is 2. The molecule has 19 heavy (non-hydrogen) atoms. The highest BCUT2D eigenvalue weighted by Crippen LogP contribution is 2.32. The Bertz CT molecular complexity index is 523. The van der Waals surface area contributed by atoms with Crippen molar-refractivity contribution >= 4 is 23.2 Å². The second-order valence-electron chi connectivity index (χ2n) is 5.41. The van der Waals surface area contributed by atoms with Gasteiger partial charge in [-0.05, 0) is 38.3 Å². The fourth-order valence-electron chi connectivity index (χ4n) is 2.44. The second-order valence-corrected chi connectivity index (χ2v) is 6.55. The molecule has 0 aromatic carbocycles. The van der Waals surface area contributed by atoms with Crippen LogP contribution in [0.25, 0.3) is 0 Å². The van der Waals surface area contributed by atoms with E-state index in [0.29, 0.717) is 19.5 Å². The van der Waals surface area contributed by atoms with E-state index in [4.69, 9.17) is 0 Å². The Hall–Kier alpha value is -1.36. The molecule has 0 radical (unpaired) electrons. The number of likely N-dealkylation sites (tertiary alicyclic amines) is 1. The number of hydrogen-bond acceptors (Lipinski definition) is 3. The first kappa shape index (κ1) is 14.1. The number of hydrogen-bond donors (Lipinski definition) is 1. The molecule has 2 heterocycles. The molecular formula is C14H19NO3S. The van der Waals surface area contributed by atoms with Crippen LogP contribution in [0, 0.1) is 12.3 Å². The molecule has 0 aliphatic carbocycles. The Morgan fingerprint density at radius 1 is 1.53 bits per heavy atom. The van der Waals surface area contributed by atoms with E-state index < -0.39 is 11.4 Å². The maximum Gasteiger partial charge on any atom is 0.311 e. The Kier molecular flexibility index (Phi) is 3.67. The number of thiophene rings is 1. The Morgan fingerprint density at radius 2 is 2.21 bits per heavy atom. The van der Waals surface area contributed by atoms with Crippen LogP contribution in [0.4, 0.5) is 0 Å². The van der Waals surface area contributed by atoms with Crippen molar-refractivity contribution in [3.05, 3.63) is 21.4 Å². The van der Waals surface area contributed by atoms with Crippen LogP contribution in [0.2, 0.25) is 0 Å². The van der Waals surface area contributed by atoms with Crippen molar-refractivity contribution in [3.63, 3.8) is 0 Å². The molecule has 1 aromatic heterocycles. The van der Waals surface area contributed by atoms with Gasteiger partial charge < -0.3 is 10.0 Å². The molecule has 1 amide bonds. The molecule has 1 aliphatic rings. The summed E-state index contributed by atoms with van der Waals surface area (Å²) >= 11 is 1.52. The van der Waals surface area contributed by atoms with Crippen LogP contribution in [0.1, 0.15) is 40.4 Å². The number of carboxylic acid groups (broad SMARTS) is 1. The zero-order valence-electron chi connectivity index (χ0n) is 11.5. The molecule has 1 saturated heterocycles. The lowest BCUT2D eigenvalue weighted by Gasteiger charge is -2.19. The van der Waals surface area contributed by atoms with Crippen molar-refractivity contribution in [2.75, 3.05) is 13.1 Å². The van der Waals surface area contributed by atoms with Gasteiger partial charge in [0.2, 0.25) is 0 Å². The van der Waals surface area contributed by atoms with E-state index in [1.54, 1.807) is 11.8 Å². The highest BCUT2D eigenvalue weighted by atomic mass is 32.1. The lowest BCUT2D eigenvalue weighted by atomic mass is 9.90. The fourth-order valence-corrected chi connectivity index (χ4v) is 3.52. The summed E-state index contributed by atoms with van der Waals surface area (Å²) in [6, 6.07) is 1.92. The van der Waals surface area contributed by atoms with Crippen LogP contribution >= 0.6 is 11.3 Å². The molecule has 1 fully saturated rings. The van der Waals surface area contributed by atoms with Gasteiger partial charge in [-0.1, -0.05) is 6.92 Å². The zero-order chi connectivity index (χ0) is 14.2. The van der Waals surface area contributed by atoms with Crippen molar-refractivity contribution in [2.24, 2.45) is 5.41 Å². The summed E-state index contributed by atoms with van der Waals surface area (Å²) in [5, 5.41) is 9.19. The van der Waals surface area contributed by atoms with E-state index in [0.717, 1.165) is 16.9 Å². The maximum absolute atomic E-state index is 12.4. The van der Waals surface area contributed by atoms with Gasteiger partial charge >= 0.3 is 5.97 Å². The van der Waals surface area contributed by atoms with E-state index in [-0.39, 0.29) is 5.91 Å². The Balaban J connectivity index is 2.15. The topological polar surface area (TPSA) is 57.6 Å². The van der Waals surface area contributed by atoms with Gasteiger partial charge in [0.15, 0.2) is 0 Å². The van der Waals surface area contributed by atoms with E-state index in [1.807, 2.05) is 13.0 Å². The van der Waals surface area contributed by atoms with Crippen LogP contribution < -0.4 is 0 Å². The normalized spacial score (nSPS) is 22.8. The molecular weight excluding hydrogens is 262 g/mol. The van der Waals surface area contributed by atoms with Gasteiger partial charge in [0.05, 0.1) is 10.3 Å². The predicted molar refractivity (Wildman–Crippen MR) is 74.7 cm³/mol. The number of aliphatic carboxylic acids is 1. The third kappa shape index (κ3) is 2.52. The third-order valence-corrected chi connectivity index (χ3v) is 5.20. The van der Waals surface area contributed by atoms with Gasteiger partial charge in [-0.2, -0.15) is 0 Å². The fraction of sp³-hybridized carbons (Fsp3) is 0.571. The summed E-state index contributed by atoms with van der Waals surface area (Å²) in [6.07, 6.45) is 1.45. The first-order valence-corrected chi connectivity index (χ1v) is 7.31. The minimum Gasteiger partial charge on any atom is -0.481 e. The summed E-state index contributed by atoms with van der Waals surface area (Å²) in [4.78, 5) is 27.2. The van der Waals surface area contributed by atoms with Crippen LogP contribution in [-0.2, 0) is 11.2 Å². The number of carboxylic acids is 1. The zero-order valence-corrected chi connectivity index (χ0v) is 12.3. The third-order valence-electron chi connectivity index (χ3n) is 3.83. The minimum atomic E-state index is -0.820. The highest BCUT2D eigenvalue weighted by Gasteiger charge is 2.42. The molecule has 4 nitrogen and oxygen atoms in total. The van der Waals surface area contributed by atoms with Crippen LogP contribution in [0.5, 0.6) is 0 Å². The van der Waals surface area contributed by atoms with E-state index in [1.165, 1.54) is 16.2 Å². The minimum absolute atomic E-state index is 0.0298. The van der Waals surface area contributed by atoms with Gasteiger partial charge in [0.1, 0.15) is 0 Å². The quantitative estimate of drug-likeness (QED) is 0.926. The van der Waals surface area contributed by atoms with Gasteiger partial charge in [-0.25, -0.2) is 0 Å². The average Bonchev–Trinajstić information content (AvgIpc) is 2.93. The standard InChI is InChI=1S/C14H19NO3S/c1-4-10-9(2)7-11(19-10)12(16)15-6-5-14(3,8-15)13(17)18/h7H,4-6,8H2,1-3H3,(H,17,18). The van der Waals surface area contributed by atoms with Crippen molar-refractivity contribution < 1.29 is 14.7 Å². The first-order chi connectivity index (χ1) is 8.87. The molecule has 0 saturated carbocycles. The number of amides is 1. The van der Waals surface area contributed by atoms with Gasteiger partial charge in [0, 0.05) is 18.0 Å². The number of rotatable bonds is 3. The monoisotopic (exact) mass is 281 g/mol. The van der Waals surface area contributed by atoms with Gasteiger partial charge in [0.25, 0.3) is 5.91 Å². The highest BCUT2D eigenvalue weighted by molar-refractivity contribution is 7.14. The number of nitrogens with zero attached hydrogens (tertiary/aromatic N) is 1. The molecule has 1 unspecified atom stereocenters. The van der Waals surface area contributed by atoms with E-state index in [9.17, 15) is 14.7 Å². The molecule has 1 atom stereocenters. The largest absolute Gasteiger partial charge is 0.481 e. The predicted octanol–water partition coefficient (Wildman–Crippen LogP) is 2.56. The lowest BCUT2D eigenvalue weighted by molar-refractivity contribution is -0.147. The molecule has 1 N–H and O–H groups in total. The number of carbonyl (C=O) groups excluding carboxylic acids is 1. The SMILES string of the molecule is CCc1sc(C(=O)N2CCC(C)(C(=O)O)C2)cc1C. The molecule has 5 heteroatoms. The molecule has 0 bridgehead atoms.